The number of anilines is 1. The van der Waals surface area contributed by atoms with Crippen LogP contribution in [0.5, 0.6) is 5.75 Å². The summed E-state index contributed by atoms with van der Waals surface area (Å²) in [4.78, 5) is 21.6. The van der Waals surface area contributed by atoms with Gasteiger partial charge in [-0.1, -0.05) is 35.9 Å². The smallest absolute Gasteiger partial charge is 0.274 e. The number of fused-ring (bicyclic) bond motifs is 1. The molecular weight excluding hydrogens is 402 g/mol. The van der Waals surface area contributed by atoms with E-state index in [9.17, 15) is 4.79 Å². The largest absolute Gasteiger partial charge is 0.489 e. The van der Waals surface area contributed by atoms with E-state index >= 15 is 0 Å². The Morgan fingerprint density at radius 1 is 1.17 bits per heavy atom. The number of aryl methyl sites for hydroxylation is 1. The maximum atomic E-state index is 12.6. The second-order valence-electron chi connectivity index (χ2n) is 7.27. The second-order valence-corrected chi connectivity index (χ2v) is 7.71. The van der Waals surface area contributed by atoms with Gasteiger partial charge >= 0.3 is 0 Å². The quantitative estimate of drug-likeness (QED) is 0.478. The van der Waals surface area contributed by atoms with Gasteiger partial charge in [0, 0.05) is 16.7 Å². The Morgan fingerprint density at radius 2 is 1.97 bits per heavy atom. The lowest BCUT2D eigenvalue weighted by molar-refractivity contribution is 0.243. The topological polar surface area (TPSA) is 84.3 Å². The highest BCUT2D eigenvalue weighted by atomic mass is 35.5. The molecule has 0 aliphatic carbocycles. The minimum Gasteiger partial charge on any atom is -0.489 e. The average molecular weight is 424 g/mol. The van der Waals surface area contributed by atoms with Crippen LogP contribution in [0.3, 0.4) is 0 Å². The van der Waals surface area contributed by atoms with E-state index in [2.05, 4.69) is 20.4 Å². The van der Waals surface area contributed by atoms with E-state index in [0.29, 0.717) is 34.6 Å². The van der Waals surface area contributed by atoms with Crippen LogP contribution in [0.25, 0.3) is 17.2 Å². The molecule has 0 amide bonds. The van der Waals surface area contributed by atoms with E-state index in [1.165, 1.54) is 10.6 Å². The number of nitrogens with one attached hydrogen (secondary N) is 2. The molecule has 0 saturated carbocycles. The zero-order chi connectivity index (χ0) is 21.3. The van der Waals surface area contributed by atoms with Gasteiger partial charge in [-0.2, -0.15) is 9.50 Å². The average Bonchev–Trinajstić information content (AvgIpc) is 3.13. The number of aromatic amines is 1. The first kappa shape index (κ1) is 20.0. The summed E-state index contributed by atoms with van der Waals surface area (Å²) < 4.78 is 7.17. The second kappa shape index (κ2) is 8.20. The van der Waals surface area contributed by atoms with Gasteiger partial charge in [-0.3, -0.25) is 9.89 Å². The van der Waals surface area contributed by atoms with Crippen LogP contribution in [-0.4, -0.2) is 25.7 Å². The number of rotatable bonds is 6. The Morgan fingerprint density at radius 3 is 2.73 bits per heavy atom. The lowest BCUT2D eigenvalue weighted by Crippen LogP contribution is -2.17. The molecular formula is C22H22ClN5O2. The summed E-state index contributed by atoms with van der Waals surface area (Å²) in [5, 5.41) is 6.88. The molecule has 0 atom stereocenters. The van der Waals surface area contributed by atoms with E-state index in [1.807, 2.05) is 51.1 Å². The normalized spacial score (nSPS) is 11.2. The number of benzene rings is 2. The van der Waals surface area contributed by atoms with Crippen molar-refractivity contribution in [3.8, 4) is 17.1 Å². The minimum absolute atomic E-state index is 0.0229. The van der Waals surface area contributed by atoms with Gasteiger partial charge in [0.25, 0.3) is 11.3 Å². The van der Waals surface area contributed by atoms with Gasteiger partial charge < -0.3 is 10.1 Å². The van der Waals surface area contributed by atoms with Gasteiger partial charge in [0.2, 0.25) is 0 Å². The molecule has 2 N–H and O–H groups in total. The van der Waals surface area contributed by atoms with Crippen molar-refractivity contribution in [2.45, 2.75) is 33.4 Å². The molecule has 0 saturated heterocycles. The fourth-order valence-electron chi connectivity index (χ4n) is 3.16. The van der Waals surface area contributed by atoms with Gasteiger partial charge in [-0.05, 0) is 44.5 Å². The van der Waals surface area contributed by atoms with Crippen LogP contribution >= 0.6 is 11.6 Å². The molecule has 0 radical (unpaired) electrons. The van der Waals surface area contributed by atoms with Crippen LogP contribution in [0.4, 0.5) is 5.69 Å². The summed E-state index contributed by atoms with van der Waals surface area (Å²) in [6, 6.07) is 14.7. The molecule has 0 bridgehead atoms. The monoisotopic (exact) mass is 423 g/mol. The molecule has 4 aromatic rings. The van der Waals surface area contributed by atoms with Crippen molar-refractivity contribution < 1.29 is 4.74 Å². The molecule has 0 unspecified atom stereocenters. The van der Waals surface area contributed by atoms with Gasteiger partial charge in [-0.15, -0.1) is 0 Å². The van der Waals surface area contributed by atoms with Crippen LogP contribution < -0.4 is 15.6 Å². The minimum atomic E-state index is -0.228. The lowest BCUT2D eigenvalue weighted by Gasteiger charge is -2.15. The van der Waals surface area contributed by atoms with Crippen LogP contribution in [0.2, 0.25) is 5.02 Å². The molecule has 2 heterocycles. The highest BCUT2D eigenvalue weighted by Crippen LogP contribution is 2.29. The standard InChI is InChI=1S/C22H22ClN5O2/c1-13(2)30-19-9-8-15(23)10-18(19)24-12-16-11-20(29)28-22(25-16)26-21(27-28)17-7-5-4-6-14(17)3/h4-11,13,24H,12H2,1-3H3,(H,25,26,27). The van der Waals surface area contributed by atoms with Crippen LogP contribution in [-0.2, 0) is 6.54 Å². The number of hydrogen-bond acceptors (Lipinski definition) is 5. The first-order valence-electron chi connectivity index (χ1n) is 9.65. The zero-order valence-corrected chi connectivity index (χ0v) is 17.7. The number of aromatic nitrogens is 4. The number of hydrogen-bond donors (Lipinski definition) is 2. The molecule has 154 valence electrons. The molecule has 0 fully saturated rings. The number of ether oxygens (including phenoxy) is 1. The third-order valence-corrected chi connectivity index (χ3v) is 4.78. The maximum Gasteiger partial charge on any atom is 0.274 e. The molecule has 2 aromatic heterocycles. The van der Waals surface area contributed by atoms with Crippen molar-refractivity contribution in [1.29, 1.82) is 0 Å². The van der Waals surface area contributed by atoms with Crippen molar-refractivity contribution >= 4 is 23.1 Å². The number of H-pyrrole nitrogens is 1. The summed E-state index contributed by atoms with van der Waals surface area (Å²) in [6.07, 6.45) is 0.0229. The Hall–Kier alpha value is -3.32. The molecule has 8 heteroatoms. The fraction of sp³-hybridized carbons (Fsp3) is 0.227. The predicted octanol–water partition coefficient (Wildman–Crippen LogP) is 4.45. The summed E-state index contributed by atoms with van der Waals surface area (Å²) in [5.41, 5.74) is 3.06. The summed E-state index contributed by atoms with van der Waals surface area (Å²) >= 11 is 6.13. The Kier molecular flexibility index (Phi) is 5.46. The molecule has 0 aliphatic rings. The molecule has 2 aromatic carbocycles. The third-order valence-electron chi connectivity index (χ3n) is 4.55. The highest BCUT2D eigenvalue weighted by Gasteiger charge is 2.12. The van der Waals surface area contributed by atoms with Gasteiger partial charge in [0.05, 0.1) is 24.0 Å². The van der Waals surface area contributed by atoms with Crippen molar-refractivity contribution in [1.82, 2.24) is 19.6 Å². The summed E-state index contributed by atoms with van der Waals surface area (Å²) in [6.45, 7) is 6.24. The summed E-state index contributed by atoms with van der Waals surface area (Å²) in [5.74, 6) is 1.61. The van der Waals surface area contributed by atoms with Crippen LogP contribution in [0, 0.1) is 6.92 Å². The zero-order valence-electron chi connectivity index (χ0n) is 16.9. The Bertz CT molecular complexity index is 1260. The van der Waals surface area contributed by atoms with Crippen LogP contribution in [0.15, 0.2) is 53.3 Å². The van der Waals surface area contributed by atoms with E-state index < -0.39 is 0 Å². The lowest BCUT2D eigenvalue weighted by atomic mass is 10.1. The fourth-order valence-corrected chi connectivity index (χ4v) is 3.33. The maximum absolute atomic E-state index is 12.6. The Balaban J connectivity index is 1.63. The van der Waals surface area contributed by atoms with E-state index in [4.69, 9.17) is 16.3 Å². The van der Waals surface area contributed by atoms with Crippen molar-refractivity contribution in [3.05, 3.63) is 75.2 Å². The number of halogens is 1. The first-order valence-corrected chi connectivity index (χ1v) is 10.0. The first-order chi connectivity index (χ1) is 14.4. The van der Waals surface area contributed by atoms with Crippen molar-refractivity contribution in [3.63, 3.8) is 0 Å². The molecule has 7 nitrogen and oxygen atoms in total. The predicted molar refractivity (Wildman–Crippen MR) is 118 cm³/mol. The van der Waals surface area contributed by atoms with E-state index in [1.54, 1.807) is 12.1 Å². The van der Waals surface area contributed by atoms with Crippen molar-refractivity contribution in [2.75, 3.05) is 5.32 Å². The van der Waals surface area contributed by atoms with Gasteiger partial charge in [0.1, 0.15) is 5.75 Å². The summed E-state index contributed by atoms with van der Waals surface area (Å²) in [7, 11) is 0. The van der Waals surface area contributed by atoms with E-state index in [-0.39, 0.29) is 11.7 Å². The molecule has 4 rings (SSSR count). The van der Waals surface area contributed by atoms with Gasteiger partial charge in [0.15, 0.2) is 5.82 Å². The number of nitrogens with zero attached hydrogens (tertiary/aromatic N) is 3. The third kappa shape index (κ3) is 4.16. The SMILES string of the molecule is Cc1ccccc1-c1nc2nc(CNc3cc(Cl)ccc3OC(C)C)cc(=O)n2[nH]1. The molecule has 30 heavy (non-hydrogen) atoms. The highest BCUT2D eigenvalue weighted by molar-refractivity contribution is 6.30. The molecule has 0 aliphatic heterocycles. The van der Waals surface area contributed by atoms with Crippen molar-refractivity contribution in [2.24, 2.45) is 0 Å². The van der Waals surface area contributed by atoms with Gasteiger partial charge in [-0.25, -0.2) is 4.98 Å². The molecule has 0 spiro atoms. The van der Waals surface area contributed by atoms with Crippen LogP contribution in [0.1, 0.15) is 25.1 Å². The van der Waals surface area contributed by atoms with E-state index in [0.717, 1.165) is 16.8 Å². The Labute approximate surface area is 178 Å².